The molecule has 20 heavy (non-hydrogen) atoms. The van der Waals surface area contributed by atoms with Crippen LogP contribution in [0.1, 0.15) is 15.4 Å². The number of benzene rings is 1. The van der Waals surface area contributed by atoms with Crippen molar-refractivity contribution in [2.24, 2.45) is 0 Å². The molecule has 0 saturated heterocycles. The molecule has 0 aliphatic heterocycles. The number of nitrogens with one attached hydrogen (secondary N) is 1. The van der Waals surface area contributed by atoms with Crippen LogP contribution < -0.4 is 10.5 Å². The van der Waals surface area contributed by atoms with Crippen LogP contribution in [-0.2, 0) is 16.6 Å². The monoisotopic (exact) mass is 315 g/mol. The van der Waals surface area contributed by atoms with Crippen molar-refractivity contribution >= 4 is 27.0 Å². The molecule has 0 atom stereocenters. The summed E-state index contributed by atoms with van der Waals surface area (Å²) in [7, 11) is -3.82. The highest BCUT2D eigenvalue weighted by molar-refractivity contribution is 7.89. The predicted octanol–water partition coefficient (Wildman–Crippen LogP) is 1.96. The Morgan fingerprint density at radius 3 is 2.70 bits per heavy atom. The summed E-state index contributed by atoms with van der Waals surface area (Å²) in [5.41, 5.74) is 5.62. The van der Waals surface area contributed by atoms with Crippen LogP contribution in [0.4, 0.5) is 10.1 Å². The minimum Gasteiger partial charge on any atom is -0.399 e. The normalized spacial score (nSPS) is 11.8. The van der Waals surface area contributed by atoms with Crippen molar-refractivity contribution in [3.63, 3.8) is 0 Å². The van der Waals surface area contributed by atoms with Gasteiger partial charge in [-0.1, -0.05) is 0 Å². The van der Waals surface area contributed by atoms with Crippen molar-refractivity contribution in [2.45, 2.75) is 25.3 Å². The van der Waals surface area contributed by atoms with Crippen LogP contribution in [0.5, 0.6) is 0 Å². The molecule has 2 rings (SSSR count). The fourth-order valence-electron chi connectivity index (χ4n) is 1.68. The van der Waals surface area contributed by atoms with Crippen molar-refractivity contribution in [1.29, 1.82) is 0 Å². The van der Waals surface area contributed by atoms with Gasteiger partial charge in [-0.2, -0.15) is 0 Å². The zero-order valence-electron chi connectivity index (χ0n) is 11.0. The molecule has 0 aliphatic rings. The lowest BCUT2D eigenvalue weighted by atomic mass is 10.2. The summed E-state index contributed by atoms with van der Waals surface area (Å²) < 4.78 is 40.4. The summed E-state index contributed by atoms with van der Waals surface area (Å²) in [6.45, 7) is 3.35. The molecule has 0 bridgehead atoms. The lowest BCUT2D eigenvalue weighted by molar-refractivity contribution is 0.575. The van der Waals surface area contributed by atoms with Gasteiger partial charge >= 0.3 is 0 Å². The van der Waals surface area contributed by atoms with Crippen LogP contribution in [0, 0.1) is 19.7 Å². The molecule has 2 aromatic rings. The average Bonchev–Trinajstić information content (AvgIpc) is 2.77. The third-order valence-electron chi connectivity index (χ3n) is 2.71. The summed E-state index contributed by atoms with van der Waals surface area (Å²) in [6, 6.07) is 2.35. The maximum absolute atomic E-state index is 13.6. The van der Waals surface area contributed by atoms with Crippen molar-refractivity contribution in [1.82, 2.24) is 9.71 Å². The molecular formula is C12H14FN3O2S2. The Balaban J connectivity index is 2.27. The average molecular weight is 315 g/mol. The van der Waals surface area contributed by atoms with Crippen LogP contribution in [0.15, 0.2) is 23.2 Å². The highest BCUT2D eigenvalue weighted by Crippen LogP contribution is 2.22. The molecule has 1 aromatic heterocycles. The molecule has 1 aromatic carbocycles. The van der Waals surface area contributed by atoms with Gasteiger partial charge in [-0.3, -0.25) is 0 Å². The van der Waals surface area contributed by atoms with Crippen LogP contribution in [0.25, 0.3) is 0 Å². The van der Waals surface area contributed by atoms with Gasteiger partial charge < -0.3 is 5.73 Å². The first-order valence-electron chi connectivity index (χ1n) is 5.76. The number of anilines is 1. The zero-order chi connectivity index (χ0) is 14.9. The maximum atomic E-state index is 13.6. The van der Waals surface area contributed by atoms with Gasteiger partial charge in [0.15, 0.2) is 0 Å². The molecule has 0 amide bonds. The lowest BCUT2D eigenvalue weighted by Gasteiger charge is -2.10. The second kappa shape index (κ2) is 5.47. The molecule has 0 unspecified atom stereocenters. The molecule has 0 spiro atoms. The molecule has 0 fully saturated rings. The van der Waals surface area contributed by atoms with E-state index in [1.807, 2.05) is 6.92 Å². The van der Waals surface area contributed by atoms with Crippen LogP contribution >= 0.6 is 11.3 Å². The fourth-order valence-corrected chi connectivity index (χ4v) is 3.80. The first-order chi connectivity index (χ1) is 9.29. The quantitative estimate of drug-likeness (QED) is 0.845. The summed E-state index contributed by atoms with van der Waals surface area (Å²) in [4.78, 5) is 4.68. The van der Waals surface area contributed by atoms with E-state index in [9.17, 15) is 12.8 Å². The Labute approximate surface area is 120 Å². The molecule has 1 heterocycles. The number of halogens is 1. The first-order valence-corrected chi connectivity index (χ1v) is 8.06. The second-order valence-corrected chi connectivity index (χ2v) is 7.35. The molecule has 108 valence electrons. The molecule has 5 nitrogen and oxygen atoms in total. The van der Waals surface area contributed by atoms with Gasteiger partial charge in [0.25, 0.3) is 0 Å². The third-order valence-corrected chi connectivity index (χ3v) is 5.15. The van der Waals surface area contributed by atoms with E-state index in [-0.39, 0.29) is 22.7 Å². The van der Waals surface area contributed by atoms with E-state index in [1.165, 1.54) is 24.3 Å². The van der Waals surface area contributed by atoms with Gasteiger partial charge in [-0.05, 0) is 26.0 Å². The summed E-state index contributed by atoms with van der Waals surface area (Å²) in [5, 5.41) is 0.852. The first kappa shape index (κ1) is 14.9. The molecule has 8 heteroatoms. The van der Waals surface area contributed by atoms with Crippen LogP contribution in [0.3, 0.4) is 0 Å². The van der Waals surface area contributed by atoms with Crippen LogP contribution in [0.2, 0.25) is 0 Å². The standard InChI is InChI=1S/C12H14FN3O2S2/c1-7-11(13)3-9(14)4-12(7)20(17,18)16-6-10-5-15-8(2)19-10/h3-5,16H,6,14H2,1-2H3. The van der Waals surface area contributed by atoms with Crippen molar-refractivity contribution in [3.05, 3.63) is 39.6 Å². The number of nitrogens with zero attached hydrogens (tertiary/aromatic N) is 1. The van der Waals surface area contributed by atoms with E-state index < -0.39 is 15.8 Å². The second-order valence-electron chi connectivity index (χ2n) is 4.30. The smallest absolute Gasteiger partial charge is 0.241 e. The number of sulfonamides is 1. The molecule has 0 aliphatic carbocycles. The van der Waals surface area contributed by atoms with E-state index in [1.54, 1.807) is 6.20 Å². The van der Waals surface area contributed by atoms with Gasteiger partial charge in [0.2, 0.25) is 10.0 Å². The highest BCUT2D eigenvalue weighted by atomic mass is 32.2. The third kappa shape index (κ3) is 3.14. The van der Waals surface area contributed by atoms with E-state index >= 15 is 0 Å². The van der Waals surface area contributed by atoms with Gasteiger partial charge in [0.1, 0.15) is 5.82 Å². The lowest BCUT2D eigenvalue weighted by Crippen LogP contribution is -2.24. The maximum Gasteiger partial charge on any atom is 0.241 e. The number of aryl methyl sites for hydroxylation is 1. The summed E-state index contributed by atoms with van der Waals surface area (Å²) in [5.74, 6) is -0.640. The van der Waals surface area contributed by atoms with E-state index in [0.29, 0.717) is 0 Å². The largest absolute Gasteiger partial charge is 0.399 e. The number of rotatable bonds is 4. The van der Waals surface area contributed by atoms with E-state index in [4.69, 9.17) is 5.73 Å². The van der Waals surface area contributed by atoms with Gasteiger partial charge in [-0.15, -0.1) is 11.3 Å². The van der Waals surface area contributed by atoms with Crippen molar-refractivity contribution in [2.75, 3.05) is 5.73 Å². The zero-order valence-corrected chi connectivity index (χ0v) is 12.6. The minimum atomic E-state index is -3.82. The summed E-state index contributed by atoms with van der Waals surface area (Å²) >= 11 is 1.40. The molecular weight excluding hydrogens is 301 g/mol. The van der Waals surface area contributed by atoms with Gasteiger partial charge in [0, 0.05) is 28.9 Å². The van der Waals surface area contributed by atoms with Gasteiger partial charge in [-0.25, -0.2) is 22.5 Å². The summed E-state index contributed by atoms with van der Waals surface area (Å²) in [6.07, 6.45) is 1.61. The molecule has 0 radical (unpaired) electrons. The Hall–Kier alpha value is -1.51. The van der Waals surface area contributed by atoms with E-state index in [2.05, 4.69) is 9.71 Å². The predicted molar refractivity (Wildman–Crippen MR) is 76.4 cm³/mol. The Morgan fingerprint density at radius 1 is 1.40 bits per heavy atom. The number of nitrogen functional groups attached to an aromatic ring is 1. The SMILES string of the molecule is Cc1ncc(CNS(=O)(=O)c2cc(N)cc(F)c2C)s1. The number of thiazole rings is 1. The van der Waals surface area contributed by atoms with E-state index in [0.717, 1.165) is 16.0 Å². The number of aromatic nitrogens is 1. The van der Waals surface area contributed by atoms with Gasteiger partial charge in [0.05, 0.1) is 9.90 Å². The fraction of sp³-hybridized carbons (Fsp3) is 0.250. The van der Waals surface area contributed by atoms with Crippen LogP contribution in [-0.4, -0.2) is 13.4 Å². The molecule has 3 N–H and O–H groups in total. The number of hydrogen-bond donors (Lipinski definition) is 2. The Kier molecular flexibility index (Phi) is 4.07. The van der Waals surface area contributed by atoms with Crippen molar-refractivity contribution < 1.29 is 12.8 Å². The number of nitrogens with two attached hydrogens (primary N) is 1. The highest BCUT2D eigenvalue weighted by Gasteiger charge is 2.20. The van der Waals surface area contributed by atoms with Crippen molar-refractivity contribution in [3.8, 4) is 0 Å². The number of hydrogen-bond acceptors (Lipinski definition) is 5. The Bertz CT molecular complexity index is 741. The minimum absolute atomic E-state index is 0.0483. The Morgan fingerprint density at radius 2 is 2.10 bits per heavy atom. The topological polar surface area (TPSA) is 85.1 Å². The molecule has 0 saturated carbocycles.